The number of aliphatic imine (C=N–C) groups is 1. The molecule has 0 bridgehead atoms. The second kappa shape index (κ2) is 12.3. The fraction of sp³-hybridized carbons (Fsp3) is 0.286. The Morgan fingerprint density at radius 1 is 1.27 bits per heavy atom. The zero-order chi connectivity index (χ0) is 20.5. The van der Waals surface area contributed by atoms with Gasteiger partial charge < -0.3 is 16.0 Å². The molecule has 1 atom stereocenters. The standard InChI is InChI=1S/C21H26N6OS.HI/c1-16(18-7-10-29-15-18)12-23-21(22-2)24-13-17-5-3-6-19(11-17)26-20(28)14-27-9-4-8-25-27;/h3-11,15-16H,12-14H2,1-2H3,(H,26,28)(H2,22,23,24);1H. The van der Waals surface area contributed by atoms with Crippen molar-refractivity contribution in [3.63, 3.8) is 0 Å². The fourth-order valence-electron chi connectivity index (χ4n) is 2.83. The van der Waals surface area contributed by atoms with Gasteiger partial charge in [-0.05, 0) is 52.1 Å². The monoisotopic (exact) mass is 538 g/mol. The number of hydrogen-bond acceptors (Lipinski definition) is 4. The Labute approximate surface area is 198 Å². The van der Waals surface area contributed by atoms with E-state index in [1.54, 1.807) is 41.5 Å². The number of nitrogens with one attached hydrogen (secondary N) is 3. The maximum absolute atomic E-state index is 12.1. The van der Waals surface area contributed by atoms with Crippen LogP contribution in [0.3, 0.4) is 0 Å². The van der Waals surface area contributed by atoms with Crippen LogP contribution in [0.2, 0.25) is 0 Å². The molecule has 2 heterocycles. The quantitative estimate of drug-likeness (QED) is 0.232. The first-order valence-corrected chi connectivity index (χ1v) is 10.4. The van der Waals surface area contributed by atoms with Crippen LogP contribution in [-0.4, -0.2) is 35.2 Å². The van der Waals surface area contributed by atoms with Gasteiger partial charge in [-0.25, -0.2) is 0 Å². The summed E-state index contributed by atoms with van der Waals surface area (Å²) in [5, 5.41) is 17.9. The number of nitrogens with zero attached hydrogens (tertiary/aromatic N) is 3. The average Bonchev–Trinajstić information content (AvgIpc) is 3.42. The number of benzene rings is 1. The Balaban J connectivity index is 0.00000320. The first-order valence-electron chi connectivity index (χ1n) is 9.47. The summed E-state index contributed by atoms with van der Waals surface area (Å²) < 4.78 is 1.59. The van der Waals surface area contributed by atoms with Crippen LogP contribution in [0.15, 0.2) is 64.5 Å². The molecule has 0 saturated heterocycles. The lowest BCUT2D eigenvalue weighted by atomic mass is 10.1. The van der Waals surface area contributed by atoms with E-state index in [-0.39, 0.29) is 36.4 Å². The Morgan fingerprint density at radius 3 is 2.83 bits per heavy atom. The summed E-state index contributed by atoms with van der Waals surface area (Å²) in [6, 6.07) is 11.7. The summed E-state index contributed by atoms with van der Waals surface area (Å²) in [7, 11) is 1.76. The van der Waals surface area contributed by atoms with Crippen molar-refractivity contribution in [2.45, 2.75) is 25.9 Å². The van der Waals surface area contributed by atoms with Gasteiger partial charge in [0.25, 0.3) is 0 Å². The van der Waals surface area contributed by atoms with Crippen LogP contribution in [0.4, 0.5) is 5.69 Å². The van der Waals surface area contributed by atoms with E-state index in [9.17, 15) is 4.79 Å². The SMILES string of the molecule is CN=C(NCc1cccc(NC(=O)Cn2cccn2)c1)NCC(C)c1ccsc1.I. The lowest BCUT2D eigenvalue weighted by molar-refractivity contribution is -0.116. The second-order valence-corrected chi connectivity index (χ2v) is 7.50. The number of hydrogen-bond donors (Lipinski definition) is 3. The summed E-state index contributed by atoms with van der Waals surface area (Å²) in [6.07, 6.45) is 3.42. The molecule has 3 N–H and O–H groups in total. The molecule has 1 amide bonds. The summed E-state index contributed by atoms with van der Waals surface area (Å²) in [6.45, 7) is 3.79. The Morgan fingerprint density at radius 2 is 2.13 bits per heavy atom. The topological polar surface area (TPSA) is 83.3 Å². The third kappa shape index (κ3) is 7.45. The van der Waals surface area contributed by atoms with E-state index in [4.69, 9.17) is 0 Å². The highest BCUT2D eigenvalue weighted by molar-refractivity contribution is 14.0. The minimum absolute atomic E-state index is 0. The van der Waals surface area contributed by atoms with Crippen LogP contribution in [0.25, 0.3) is 0 Å². The van der Waals surface area contributed by atoms with E-state index in [1.165, 1.54) is 5.56 Å². The smallest absolute Gasteiger partial charge is 0.246 e. The summed E-state index contributed by atoms with van der Waals surface area (Å²) in [4.78, 5) is 16.4. The molecule has 0 aliphatic rings. The number of carbonyl (C=O) groups is 1. The Kier molecular flexibility index (Phi) is 9.81. The van der Waals surface area contributed by atoms with Gasteiger partial charge in [-0.15, -0.1) is 24.0 Å². The Hall–Kier alpha value is -2.40. The van der Waals surface area contributed by atoms with Gasteiger partial charge in [-0.3, -0.25) is 14.5 Å². The molecule has 0 radical (unpaired) electrons. The molecule has 2 aromatic heterocycles. The van der Waals surface area contributed by atoms with Crippen LogP contribution in [0, 0.1) is 0 Å². The van der Waals surface area contributed by atoms with Crippen molar-refractivity contribution >= 4 is 52.9 Å². The van der Waals surface area contributed by atoms with Gasteiger partial charge in [0, 0.05) is 38.2 Å². The molecule has 0 saturated carbocycles. The molecule has 0 spiro atoms. The summed E-state index contributed by atoms with van der Waals surface area (Å²) >= 11 is 1.71. The second-order valence-electron chi connectivity index (χ2n) is 6.72. The van der Waals surface area contributed by atoms with Crippen molar-refractivity contribution < 1.29 is 4.79 Å². The molecule has 1 unspecified atom stereocenters. The molecule has 7 nitrogen and oxygen atoms in total. The molecular weight excluding hydrogens is 511 g/mol. The minimum atomic E-state index is -0.112. The van der Waals surface area contributed by atoms with E-state index in [1.807, 2.05) is 24.3 Å². The predicted molar refractivity (Wildman–Crippen MR) is 134 cm³/mol. The first kappa shape index (κ1) is 23.9. The summed E-state index contributed by atoms with van der Waals surface area (Å²) in [5.74, 6) is 1.05. The van der Waals surface area contributed by atoms with Gasteiger partial charge in [-0.2, -0.15) is 16.4 Å². The van der Waals surface area contributed by atoms with Crippen molar-refractivity contribution in [1.82, 2.24) is 20.4 Å². The van der Waals surface area contributed by atoms with E-state index in [0.29, 0.717) is 12.5 Å². The third-order valence-corrected chi connectivity index (χ3v) is 5.15. The number of carbonyl (C=O) groups excluding carboxylic acids is 1. The normalized spacial score (nSPS) is 12.0. The number of amides is 1. The molecule has 0 aliphatic heterocycles. The lowest BCUT2D eigenvalue weighted by Gasteiger charge is -2.16. The molecule has 9 heteroatoms. The van der Waals surface area contributed by atoms with Gasteiger partial charge in [0.2, 0.25) is 5.91 Å². The highest BCUT2D eigenvalue weighted by Gasteiger charge is 2.08. The van der Waals surface area contributed by atoms with Gasteiger partial charge in [0.05, 0.1) is 0 Å². The van der Waals surface area contributed by atoms with Crippen molar-refractivity contribution in [3.8, 4) is 0 Å². The number of anilines is 1. The zero-order valence-corrected chi connectivity index (χ0v) is 20.2. The predicted octanol–water partition coefficient (Wildman–Crippen LogP) is 3.67. The molecule has 0 aliphatic carbocycles. The van der Waals surface area contributed by atoms with Crippen LogP contribution >= 0.6 is 35.3 Å². The lowest BCUT2D eigenvalue weighted by Crippen LogP contribution is -2.38. The van der Waals surface area contributed by atoms with E-state index in [2.05, 4.69) is 49.8 Å². The van der Waals surface area contributed by atoms with E-state index < -0.39 is 0 Å². The molecule has 3 aromatic rings. The van der Waals surface area contributed by atoms with Crippen LogP contribution in [0.1, 0.15) is 24.0 Å². The first-order chi connectivity index (χ1) is 14.1. The number of aromatic nitrogens is 2. The van der Waals surface area contributed by atoms with Gasteiger partial charge in [0.1, 0.15) is 6.54 Å². The number of thiophene rings is 1. The van der Waals surface area contributed by atoms with E-state index in [0.717, 1.165) is 23.8 Å². The van der Waals surface area contributed by atoms with Crippen molar-refractivity contribution in [1.29, 1.82) is 0 Å². The third-order valence-electron chi connectivity index (χ3n) is 4.45. The van der Waals surface area contributed by atoms with E-state index >= 15 is 0 Å². The largest absolute Gasteiger partial charge is 0.356 e. The maximum Gasteiger partial charge on any atom is 0.246 e. The molecular formula is C21H27IN6OS. The Bertz CT molecular complexity index is 927. The van der Waals surface area contributed by atoms with Gasteiger partial charge in [-0.1, -0.05) is 19.1 Å². The molecule has 1 aromatic carbocycles. The van der Waals surface area contributed by atoms with Crippen molar-refractivity contribution in [3.05, 3.63) is 70.7 Å². The number of rotatable bonds is 8. The highest BCUT2D eigenvalue weighted by Crippen LogP contribution is 2.17. The summed E-state index contributed by atoms with van der Waals surface area (Å²) in [5.41, 5.74) is 3.14. The number of halogens is 1. The molecule has 30 heavy (non-hydrogen) atoms. The molecule has 0 fully saturated rings. The van der Waals surface area contributed by atoms with Gasteiger partial charge >= 0.3 is 0 Å². The minimum Gasteiger partial charge on any atom is -0.356 e. The fourth-order valence-corrected chi connectivity index (χ4v) is 3.61. The number of guanidine groups is 1. The van der Waals surface area contributed by atoms with Crippen molar-refractivity contribution in [2.24, 2.45) is 4.99 Å². The van der Waals surface area contributed by atoms with Crippen LogP contribution in [-0.2, 0) is 17.9 Å². The highest BCUT2D eigenvalue weighted by atomic mass is 127. The van der Waals surface area contributed by atoms with Crippen molar-refractivity contribution in [2.75, 3.05) is 18.9 Å². The zero-order valence-electron chi connectivity index (χ0n) is 17.0. The average molecular weight is 538 g/mol. The molecule has 3 rings (SSSR count). The molecule has 160 valence electrons. The van der Waals surface area contributed by atoms with Gasteiger partial charge in [0.15, 0.2) is 5.96 Å². The maximum atomic E-state index is 12.1. The van der Waals surface area contributed by atoms with Crippen LogP contribution in [0.5, 0.6) is 0 Å². The van der Waals surface area contributed by atoms with Crippen LogP contribution < -0.4 is 16.0 Å².